The number of piperidine rings is 1. The Bertz CT molecular complexity index is 780. The van der Waals surface area contributed by atoms with Gasteiger partial charge in [0.2, 0.25) is 5.91 Å². The molecule has 1 atom stereocenters. The fourth-order valence-electron chi connectivity index (χ4n) is 4.64. The van der Waals surface area contributed by atoms with Crippen molar-refractivity contribution in [3.05, 3.63) is 53.6 Å². The lowest BCUT2D eigenvalue weighted by atomic mass is 9.97. The van der Waals surface area contributed by atoms with Gasteiger partial charge in [0.1, 0.15) is 5.82 Å². The van der Waals surface area contributed by atoms with Gasteiger partial charge in [0, 0.05) is 50.5 Å². The molecule has 2 fully saturated rings. The zero-order chi connectivity index (χ0) is 19.3. The van der Waals surface area contributed by atoms with Crippen molar-refractivity contribution in [3.8, 4) is 0 Å². The number of carbonyl (C=O) groups is 1. The highest BCUT2D eigenvalue weighted by Gasteiger charge is 2.29. The molecule has 2 aliphatic rings. The van der Waals surface area contributed by atoms with Gasteiger partial charge in [0.15, 0.2) is 0 Å². The Balaban J connectivity index is 1.42. The summed E-state index contributed by atoms with van der Waals surface area (Å²) in [6, 6.07) is 10.6. The molecule has 28 heavy (non-hydrogen) atoms. The maximum absolute atomic E-state index is 12.8. The summed E-state index contributed by atoms with van der Waals surface area (Å²) in [4.78, 5) is 19.7. The number of hydrogen-bond acceptors (Lipinski definition) is 3. The standard InChI is InChI=1S/C23H31N3O2/c1-18-16-24-23(20-11-14-28-15-12-20)26(18)21-8-5-13-25(17-21)22(27)10-9-19-6-3-2-4-7-19/h2-4,6-7,16,20-21H,5,8-15,17H2,1H3. The second-order valence-electron chi connectivity index (χ2n) is 8.14. The molecule has 4 rings (SSSR count). The number of aryl methyl sites for hydroxylation is 2. The second kappa shape index (κ2) is 8.91. The Morgan fingerprint density at radius 2 is 1.96 bits per heavy atom. The number of amides is 1. The highest BCUT2D eigenvalue weighted by atomic mass is 16.5. The second-order valence-corrected chi connectivity index (χ2v) is 8.14. The monoisotopic (exact) mass is 381 g/mol. The van der Waals surface area contributed by atoms with Gasteiger partial charge in [-0.1, -0.05) is 30.3 Å². The molecule has 2 saturated heterocycles. The van der Waals surface area contributed by atoms with Crippen LogP contribution in [0, 0.1) is 6.92 Å². The van der Waals surface area contributed by atoms with Gasteiger partial charge in [-0.15, -0.1) is 0 Å². The van der Waals surface area contributed by atoms with E-state index in [0.29, 0.717) is 18.4 Å². The van der Waals surface area contributed by atoms with Gasteiger partial charge in [-0.2, -0.15) is 0 Å². The van der Waals surface area contributed by atoms with Crippen molar-refractivity contribution >= 4 is 5.91 Å². The van der Waals surface area contributed by atoms with E-state index in [-0.39, 0.29) is 5.91 Å². The summed E-state index contributed by atoms with van der Waals surface area (Å²) in [6.07, 6.45) is 7.68. The molecule has 1 aromatic heterocycles. The summed E-state index contributed by atoms with van der Waals surface area (Å²) in [5, 5.41) is 0. The van der Waals surface area contributed by atoms with Crippen molar-refractivity contribution in [2.45, 2.75) is 57.4 Å². The van der Waals surface area contributed by atoms with Crippen LogP contribution in [-0.2, 0) is 16.0 Å². The molecule has 5 heteroatoms. The first-order valence-electron chi connectivity index (χ1n) is 10.7. The van der Waals surface area contributed by atoms with Crippen molar-refractivity contribution in [1.82, 2.24) is 14.5 Å². The van der Waals surface area contributed by atoms with E-state index in [0.717, 1.165) is 58.4 Å². The molecule has 2 aromatic rings. The van der Waals surface area contributed by atoms with Gasteiger partial charge in [-0.05, 0) is 44.6 Å². The van der Waals surface area contributed by atoms with Crippen LogP contribution in [0.3, 0.4) is 0 Å². The van der Waals surface area contributed by atoms with Crippen LogP contribution in [0.2, 0.25) is 0 Å². The molecule has 0 aliphatic carbocycles. The smallest absolute Gasteiger partial charge is 0.222 e. The first-order chi connectivity index (χ1) is 13.7. The molecular weight excluding hydrogens is 350 g/mol. The Morgan fingerprint density at radius 1 is 1.18 bits per heavy atom. The third-order valence-corrected chi connectivity index (χ3v) is 6.18. The Morgan fingerprint density at radius 3 is 2.75 bits per heavy atom. The van der Waals surface area contributed by atoms with E-state index in [9.17, 15) is 4.79 Å². The minimum Gasteiger partial charge on any atom is -0.381 e. The Kier molecular flexibility index (Phi) is 6.10. The Hall–Kier alpha value is -2.14. The predicted octanol–water partition coefficient (Wildman–Crippen LogP) is 3.88. The Labute approximate surface area is 167 Å². The molecule has 3 heterocycles. The van der Waals surface area contributed by atoms with Crippen LogP contribution in [0.1, 0.15) is 61.1 Å². The number of benzene rings is 1. The SMILES string of the molecule is Cc1cnc(C2CCOCC2)n1C1CCCN(C(=O)CCc2ccccc2)C1. The summed E-state index contributed by atoms with van der Waals surface area (Å²) < 4.78 is 7.96. The molecule has 0 spiro atoms. The quantitative estimate of drug-likeness (QED) is 0.790. The lowest BCUT2D eigenvalue weighted by molar-refractivity contribution is -0.132. The predicted molar refractivity (Wildman–Crippen MR) is 109 cm³/mol. The molecule has 0 radical (unpaired) electrons. The zero-order valence-corrected chi connectivity index (χ0v) is 16.8. The average Bonchev–Trinajstić information content (AvgIpc) is 3.15. The van der Waals surface area contributed by atoms with E-state index < -0.39 is 0 Å². The molecule has 0 N–H and O–H groups in total. The molecule has 5 nitrogen and oxygen atoms in total. The molecule has 150 valence electrons. The molecular formula is C23H31N3O2. The van der Waals surface area contributed by atoms with Crippen LogP contribution in [0.5, 0.6) is 0 Å². The molecule has 2 aliphatic heterocycles. The molecule has 0 bridgehead atoms. The van der Waals surface area contributed by atoms with E-state index >= 15 is 0 Å². The first kappa shape index (κ1) is 19.2. The van der Waals surface area contributed by atoms with Gasteiger partial charge >= 0.3 is 0 Å². The van der Waals surface area contributed by atoms with Crippen molar-refractivity contribution in [3.63, 3.8) is 0 Å². The lowest BCUT2D eigenvalue weighted by Crippen LogP contribution is -2.41. The number of hydrogen-bond donors (Lipinski definition) is 0. The van der Waals surface area contributed by atoms with E-state index in [1.54, 1.807) is 0 Å². The van der Waals surface area contributed by atoms with E-state index in [1.807, 2.05) is 24.4 Å². The number of likely N-dealkylation sites (tertiary alicyclic amines) is 1. The third kappa shape index (κ3) is 4.30. The minimum atomic E-state index is 0.277. The van der Waals surface area contributed by atoms with Crippen LogP contribution < -0.4 is 0 Å². The van der Waals surface area contributed by atoms with Crippen molar-refractivity contribution in [2.75, 3.05) is 26.3 Å². The number of imidazole rings is 1. The highest BCUT2D eigenvalue weighted by Crippen LogP contribution is 2.32. The lowest BCUT2D eigenvalue weighted by Gasteiger charge is -2.36. The van der Waals surface area contributed by atoms with Crippen molar-refractivity contribution in [2.24, 2.45) is 0 Å². The average molecular weight is 382 g/mol. The number of carbonyl (C=O) groups excluding carboxylic acids is 1. The normalized spacial score (nSPS) is 21.0. The molecule has 1 aromatic carbocycles. The molecule has 1 amide bonds. The van der Waals surface area contributed by atoms with Gasteiger partial charge in [0.05, 0.1) is 6.04 Å². The summed E-state index contributed by atoms with van der Waals surface area (Å²) in [5.74, 6) is 1.95. The van der Waals surface area contributed by atoms with Crippen LogP contribution in [0.15, 0.2) is 36.5 Å². The fraction of sp³-hybridized carbons (Fsp3) is 0.565. The summed E-state index contributed by atoms with van der Waals surface area (Å²) in [6.45, 7) is 5.48. The molecule has 1 unspecified atom stereocenters. The fourth-order valence-corrected chi connectivity index (χ4v) is 4.64. The third-order valence-electron chi connectivity index (χ3n) is 6.18. The minimum absolute atomic E-state index is 0.277. The van der Waals surface area contributed by atoms with E-state index in [4.69, 9.17) is 9.72 Å². The van der Waals surface area contributed by atoms with Crippen LogP contribution >= 0.6 is 0 Å². The van der Waals surface area contributed by atoms with Gasteiger partial charge in [-0.25, -0.2) is 4.98 Å². The van der Waals surface area contributed by atoms with Crippen molar-refractivity contribution < 1.29 is 9.53 Å². The largest absolute Gasteiger partial charge is 0.381 e. The number of nitrogens with zero attached hydrogens (tertiary/aromatic N) is 3. The summed E-state index contributed by atoms with van der Waals surface area (Å²) in [7, 11) is 0. The van der Waals surface area contributed by atoms with Crippen LogP contribution in [0.25, 0.3) is 0 Å². The number of aromatic nitrogens is 2. The topological polar surface area (TPSA) is 47.4 Å². The van der Waals surface area contributed by atoms with Crippen LogP contribution in [0.4, 0.5) is 0 Å². The van der Waals surface area contributed by atoms with E-state index in [1.165, 1.54) is 17.1 Å². The zero-order valence-electron chi connectivity index (χ0n) is 16.8. The van der Waals surface area contributed by atoms with Crippen LogP contribution in [-0.4, -0.2) is 46.7 Å². The van der Waals surface area contributed by atoms with Gasteiger partial charge in [-0.3, -0.25) is 4.79 Å². The maximum atomic E-state index is 12.8. The first-order valence-corrected chi connectivity index (χ1v) is 10.7. The van der Waals surface area contributed by atoms with Gasteiger partial charge in [0.25, 0.3) is 0 Å². The molecule has 0 saturated carbocycles. The van der Waals surface area contributed by atoms with Crippen molar-refractivity contribution in [1.29, 1.82) is 0 Å². The van der Waals surface area contributed by atoms with E-state index in [2.05, 4.69) is 28.5 Å². The highest BCUT2D eigenvalue weighted by molar-refractivity contribution is 5.76. The number of rotatable bonds is 5. The summed E-state index contributed by atoms with van der Waals surface area (Å²) in [5.41, 5.74) is 2.45. The summed E-state index contributed by atoms with van der Waals surface area (Å²) >= 11 is 0. The maximum Gasteiger partial charge on any atom is 0.222 e. The van der Waals surface area contributed by atoms with Gasteiger partial charge < -0.3 is 14.2 Å². The number of ether oxygens (including phenoxy) is 1.